The normalized spacial score (nSPS) is 26.8. The third-order valence-corrected chi connectivity index (χ3v) is 1.37. The molecule has 1 aliphatic heterocycles. The summed E-state index contributed by atoms with van der Waals surface area (Å²) in [4.78, 5) is 5.71. The molecular formula is C5H7ClN2. The Morgan fingerprint density at radius 1 is 1.75 bits per heavy atom. The van der Waals surface area contributed by atoms with Gasteiger partial charge in [0.2, 0.25) is 0 Å². The lowest BCUT2D eigenvalue weighted by atomic mass is 10.6. The average Bonchev–Trinajstić information content (AvgIpc) is 1.77. The highest BCUT2D eigenvalue weighted by molar-refractivity contribution is 6.20. The first-order valence-corrected chi connectivity index (χ1v) is 2.80. The van der Waals surface area contributed by atoms with Gasteiger partial charge in [-0.05, 0) is 6.08 Å². The topological polar surface area (TPSA) is 15.6 Å². The van der Waals surface area contributed by atoms with E-state index in [0.717, 1.165) is 0 Å². The van der Waals surface area contributed by atoms with Crippen LogP contribution in [0.5, 0.6) is 0 Å². The first-order chi connectivity index (χ1) is 3.80. The summed E-state index contributed by atoms with van der Waals surface area (Å²) in [6, 6.07) is 0. The second-order valence-corrected chi connectivity index (χ2v) is 2.01. The van der Waals surface area contributed by atoms with Crippen LogP contribution in [-0.2, 0) is 0 Å². The molecule has 0 bridgehead atoms. The first kappa shape index (κ1) is 5.63. The summed E-state index contributed by atoms with van der Waals surface area (Å²) in [5.41, 5.74) is -0.208. The van der Waals surface area contributed by atoms with E-state index in [1.807, 2.05) is 24.2 Å². The monoisotopic (exact) mass is 130 g/mol. The van der Waals surface area contributed by atoms with Gasteiger partial charge in [0.05, 0.1) is 0 Å². The van der Waals surface area contributed by atoms with Crippen LogP contribution in [0.1, 0.15) is 0 Å². The Labute approximate surface area is 53.5 Å². The van der Waals surface area contributed by atoms with Crippen LogP contribution in [0.3, 0.4) is 0 Å². The fourth-order valence-corrected chi connectivity index (χ4v) is 0.601. The van der Waals surface area contributed by atoms with E-state index in [-0.39, 0.29) is 5.62 Å². The van der Waals surface area contributed by atoms with Crippen molar-refractivity contribution in [2.24, 2.45) is 4.99 Å². The van der Waals surface area contributed by atoms with Gasteiger partial charge in [0.15, 0.2) is 5.62 Å². The molecule has 0 radical (unpaired) electrons. The smallest absolute Gasteiger partial charge is 0.197 e. The molecule has 1 atom stereocenters. The summed E-state index contributed by atoms with van der Waals surface area (Å²) in [7, 11) is 1.88. The molecule has 0 fully saturated rings. The Kier molecular flexibility index (Phi) is 1.53. The Morgan fingerprint density at radius 3 is 2.88 bits per heavy atom. The van der Waals surface area contributed by atoms with Crippen LogP contribution < -0.4 is 0 Å². The second kappa shape index (κ2) is 2.18. The van der Waals surface area contributed by atoms with E-state index in [9.17, 15) is 0 Å². The van der Waals surface area contributed by atoms with Gasteiger partial charge in [-0.15, -0.1) is 0 Å². The standard InChI is InChI=1S/C5H7ClN2/c1-8-4-2-3-7-5(8)6/h2-5H,1H3. The highest BCUT2D eigenvalue weighted by Gasteiger charge is 2.04. The Balaban J connectivity index is 2.59. The predicted octanol–water partition coefficient (Wildman–Crippen LogP) is 1.04. The van der Waals surface area contributed by atoms with Crippen LogP contribution in [0, 0.1) is 0 Å². The third kappa shape index (κ3) is 1.01. The fraction of sp³-hybridized carbons (Fsp3) is 0.400. The lowest BCUT2D eigenvalue weighted by molar-refractivity contribution is 0.428. The van der Waals surface area contributed by atoms with Gasteiger partial charge >= 0.3 is 0 Å². The van der Waals surface area contributed by atoms with E-state index in [1.54, 1.807) is 6.21 Å². The predicted molar refractivity (Wildman–Crippen MR) is 35.0 cm³/mol. The number of rotatable bonds is 0. The molecule has 8 heavy (non-hydrogen) atoms. The summed E-state index contributed by atoms with van der Waals surface area (Å²) < 4.78 is 0. The van der Waals surface area contributed by atoms with Gasteiger partial charge < -0.3 is 4.90 Å². The maximum atomic E-state index is 5.64. The molecule has 0 saturated carbocycles. The molecular weight excluding hydrogens is 124 g/mol. The van der Waals surface area contributed by atoms with Crippen LogP contribution >= 0.6 is 11.6 Å². The molecule has 2 nitrogen and oxygen atoms in total. The van der Waals surface area contributed by atoms with Crippen molar-refractivity contribution in [1.29, 1.82) is 0 Å². The summed E-state index contributed by atoms with van der Waals surface area (Å²) in [5, 5.41) is 0. The summed E-state index contributed by atoms with van der Waals surface area (Å²) in [6.45, 7) is 0. The lowest BCUT2D eigenvalue weighted by Gasteiger charge is -2.18. The number of alkyl halides is 1. The number of hydrogen-bond acceptors (Lipinski definition) is 2. The molecule has 0 saturated heterocycles. The van der Waals surface area contributed by atoms with Gasteiger partial charge in [-0.25, -0.2) is 0 Å². The number of hydrogen-bond donors (Lipinski definition) is 0. The number of nitrogens with zero attached hydrogens (tertiary/aromatic N) is 2. The molecule has 0 spiro atoms. The van der Waals surface area contributed by atoms with Crippen LogP contribution in [0.15, 0.2) is 17.3 Å². The molecule has 0 aliphatic carbocycles. The molecule has 1 rings (SSSR count). The maximum Gasteiger partial charge on any atom is 0.197 e. The van der Waals surface area contributed by atoms with Crippen molar-refractivity contribution in [2.75, 3.05) is 7.05 Å². The minimum absolute atomic E-state index is 0.208. The van der Waals surface area contributed by atoms with Crippen LogP contribution in [-0.4, -0.2) is 23.8 Å². The highest BCUT2D eigenvalue weighted by atomic mass is 35.5. The number of halogens is 1. The van der Waals surface area contributed by atoms with Gasteiger partial charge in [0.25, 0.3) is 0 Å². The molecule has 3 heteroatoms. The second-order valence-electron chi connectivity index (χ2n) is 1.62. The number of aliphatic imine (C=N–C) groups is 1. The van der Waals surface area contributed by atoms with Crippen molar-refractivity contribution < 1.29 is 0 Å². The molecule has 0 N–H and O–H groups in total. The van der Waals surface area contributed by atoms with Crippen LogP contribution in [0.25, 0.3) is 0 Å². The largest absolute Gasteiger partial charge is 0.347 e. The zero-order valence-electron chi connectivity index (χ0n) is 4.58. The van der Waals surface area contributed by atoms with Gasteiger partial charge in [0.1, 0.15) is 0 Å². The summed E-state index contributed by atoms with van der Waals surface area (Å²) in [5.74, 6) is 0. The van der Waals surface area contributed by atoms with E-state index >= 15 is 0 Å². The van der Waals surface area contributed by atoms with E-state index in [0.29, 0.717) is 0 Å². The van der Waals surface area contributed by atoms with Crippen molar-refractivity contribution in [1.82, 2.24) is 4.90 Å². The van der Waals surface area contributed by atoms with Crippen LogP contribution in [0.4, 0.5) is 0 Å². The zero-order valence-corrected chi connectivity index (χ0v) is 5.34. The van der Waals surface area contributed by atoms with Crippen molar-refractivity contribution in [2.45, 2.75) is 5.62 Å². The lowest BCUT2D eigenvalue weighted by Crippen LogP contribution is -2.21. The average molecular weight is 131 g/mol. The Hall–Kier alpha value is -0.500. The van der Waals surface area contributed by atoms with Crippen molar-refractivity contribution >= 4 is 17.8 Å². The minimum Gasteiger partial charge on any atom is -0.347 e. The molecule has 0 aromatic rings. The summed E-state index contributed by atoms with van der Waals surface area (Å²) >= 11 is 5.64. The van der Waals surface area contributed by atoms with Crippen molar-refractivity contribution in [3.05, 3.63) is 12.3 Å². The van der Waals surface area contributed by atoms with Crippen molar-refractivity contribution in [3.8, 4) is 0 Å². The molecule has 0 aromatic carbocycles. The Bertz CT molecular complexity index is 114. The van der Waals surface area contributed by atoms with Crippen molar-refractivity contribution in [3.63, 3.8) is 0 Å². The zero-order chi connectivity index (χ0) is 5.98. The van der Waals surface area contributed by atoms with E-state index < -0.39 is 0 Å². The fourth-order valence-electron chi connectivity index (χ4n) is 0.471. The first-order valence-electron chi connectivity index (χ1n) is 2.36. The van der Waals surface area contributed by atoms with Gasteiger partial charge in [0, 0.05) is 19.5 Å². The molecule has 1 aliphatic rings. The molecule has 44 valence electrons. The van der Waals surface area contributed by atoms with E-state index in [1.165, 1.54) is 0 Å². The quantitative estimate of drug-likeness (QED) is 0.353. The SMILES string of the molecule is CN1C=CC=NC1Cl. The molecule has 1 heterocycles. The third-order valence-electron chi connectivity index (χ3n) is 0.952. The van der Waals surface area contributed by atoms with Gasteiger partial charge in [-0.1, -0.05) is 11.6 Å². The minimum atomic E-state index is -0.208. The van der Waals surface area contributed by atoms with Gasteiger partial charge in [-0.3, -0.25) is 4.99 Å². The van der Waals surface area contributed by atoms with Crippen LogP contribution in [0.2, 0.25) is 0 Å². The van der Waals surface area contributed by atoms with Gasteiger partial charge in [-0.2, -0.15) is 0 Å². The maximum absolute atomic E-state index is 5.64. The van der Waals surface area contributed by atoms with E-state index in [2.05, 4.69) is 4.99 Å². The molecule has 0 amide bonds. The Morgan fingerprint density at radius 2 is 2.50 bits per heavy atom. The van der Waals surface area contributed by atoms with E-state index in [4.69, 9.17) is 11.6 Å². The highest BCUT2D eigenvalue weighted by Crippen LogP contribution is 2.05. The molecule has 1 unspecified atom stereocenters. The molecule has 0 aromatic heterocycles. The number of allylic oxidation sites excluding steroid dienone is 1. The summed E-state index contributed by atoms with van der Waals surface area (Å²) in [6.07, 6.45) is 5.42.